The van der Waals surface area contributed by atoms with Crippen LogP contribution in [0.2, 0.25) is 0 Å². The number of carboxylic acid groups (broad SMARTS) is 1. The molecule has 0 aliphatic heterocycles. The van der Waals surface area contributed by atoms with Gasteiger partial charge in [0.15, 0.2) is 5.75 Å². The maximum atomic E-state index is 11.2. The van der Waals surface area contributed by atoms with Crippen LogP contribution >= 0.6 is 0 Å². The molecule has 0 aliphatic rings. The van der Waals surface area contributed by atoms with E-state index in [0.29, 0.717) is 0 Å². The number of nitrogens with zero attached hydrogens (tertiary/aromatic N) is 1. The quantitative estimate of drug-likeness (QED) is 0.771. The molecule has 0 saturated heterocycles. The van der Waals surface area contributed by atoms with Crippen molar-refractivity contribution >= 4 is 21.8 Å². The fraction of sp³-hybridized carbons (Fsp3) is 0.250. The smallest absolute Gasteiger partial charge is 0.320 e. The molecular weight excluding hydrogens is 220 g/mol. The number of hydrogen-bond acceptors (Lipinski definition) is 4. The van der Waals surface area contributed by atoms with Gasteiger partial charge in [-0.3, -0.25) is 9.52 Å². The lowest BCUT2D eigenvalue weighted by molar-refractivity contribution is -0.134. The number of pyridine rings is 1. The summed E-state index contributed by atoms with van der Waals surface area (Å²) in [5, 5.41) is 8.34. The van der Waals surface area contributed by atoms with E-state index in [9.17, 15) is 13.2 Å². The van der Waals surface area contributed by atoms with Crippen LogP contribution in [0.1, 0.15) is 5.56 Å². The van der Waals surface area contributed by atoms with Gasteiger partial charge in [-0.05, 0) is 24.6 Å². The van der Waals surface area contributed by atoms with E-state index in [1.165, 1.54) is 12.3 Å². The minimum atomic E-state index is -3.86. The number of hydrogen-bond donors (Lipinski definition) is 2. The van der Waals surface area contributed by atoms with Gasteiger partial charge in [-0.2, -0.15) is 0 Å². The number of aliphatic carboxylic acids is 1. The molecule has 2 N–H and O–H groups in total. The standard InChI is InChI=1S/C8H10N2O4S/c1-6-2-3-9-7(4-6)10-15(13,14)5-8(11)12/h2-4H,5H2,1H3,(H,9,10)(H,11,12). The van der Waals surface area contributed by atoms with Gasteiger partial charge in [-0.1, -0.05) is 0 Å². The van der Waals surface area contributed by atoms with E-state index in [1.807, 2.05) is 0 Å². The number of anilines is 1. The van der Waals surface area contributed by atoms with E-state index >= 15 is 0 Å². The van der Waals surface area contributed by atoms with Gasteiger partial charge in [-0.25, -0.2) is 13.4 Å². The van der Waals surface area contributed by atoms with Crippen molar-refractivity contribution in [1.82, 2.24) is 4.98 Å². The zero-order chi connectivity index (χ0) is 11.5. The van der Waals surface area contributed by atoms with E-state index in [2.05, 4.69) is 9.71 Å². The normalized spacial score (nSPS) is 11.0. The summed E-state index contributed by atoms with van der Waals surface area (Å²) in [5.41, 5.74) is 0.832. The molecule has 0 amide bonds. The number of nitrogens with one attached hydrogen (secondary N) is 1. The van der Waals surface area contributed by atoms with Crippen LogP contribution < -0.4 is 4.72 Å². The average Bonchev–Trinajstić information content (AvgIpc) is 1.99. The second kappa shape index (κ2) is 4.26. The lowest BCUT2D eigenvalue weighted by atomic mass is 10.3. The summed E-state index contributed by atoms with van der Waals surface area (Å²) >= 11 is 0. The first kappa shape index (κ1) is 11.4. The molecule has 0 bridgehead atoms. The number of aromatic nitrogens is 1. The zero-order valence-corrected chi connectivity index (χ0v) is 8.78. The molecule has 0 saturated carbocycles. The summed E-state index contributed by atoms with van der Waals surface area (Å²) < 4.78 is 24.5. The van der Waals surface area contributed by atoms with Gasteiger partial charge >= 0.3 is 5.97 Å². The second-order valence-corrected chi connectivity index (χ2v) is 4.70. The molecule has 0 unspecified atom stereocenters. The minimum absolute atomic E-state index is 0.122. The third-order valence-electron chi connectivity index (χ3n) is 1.49. The molecule has 1 aromatic rings. The third-order valence-corrected chi connectivity index (χ3v) is 2.64. The van der Waals surface area contributed by atoms with E-state index < -0.39 is 21.7 Å². The second-order valence-electron chi connectivity index (χ2n) is 2.97. The fourth-order valence-electron chi connectivity index (χ4n) is 0.950. The third kappa shape index (κ3) is 3.94. The molecule has 0 radical (unpaired) electrons. The van der Waals surface area contributed by atoms with Crippen molar-refractivity contribution < 1.29 is 18.3 Å². The van der Waals surface area contributed by atoms with Gasteiger partial charge in [0.25, 0.3) is 0 Å². The Hall–Kier alpha value is -1.63. The minimum Gasteiger partial charge on any atom is -0.480 e. The van der Waals surface area contributed by atoms with Crippen LogP contribution in [0.5, 0.6) is 0 Å². The number of rotatable bonds is 4. The van der Waals surface area contributed by atoms with E-state index in [4.69, 9.17) is 5.11 Å². The van der Waals surface area contributed by atoms with Crippen molar-refractivity contribution in [3.05, 3.63) is 23.9 Å². The first-order valence-electron chi connectivity index (χ1n) is 4.04. The summed E-state index contributed by atoms with van der Waals surface area (Å²) in [6.45, 7) is 1.77. The van der Waals surface area contributed by atoms with Crippen molar-refractivity contribution in [2.75, 3.05) is 10.5 Å². The van der Waals surface area contributed by atoms with Crippen molar-refractivity contribution in [2.45, 2.75) is 6.92 Å². The maximum Gasteiger partial charge on any atom is 0.320 e. The molecule has 15 heavy (non-hydrogen) atoms. The van der Waals surface area contributed by atoms with Crippen LogP contribution in [0.25, 0.3) is 0 Å². The maximum absolute atomic E-state index is 11.2. The molecule has 1 rings (SSSR count). The summed E-state index contributed by atoms with van der Waals surface area (Å²) in [6, 6.07) is 3.22. The Balaban J connectivity index is 2.82. The highest BCUT2D eigenvalue weighted by molar-refractivity contribution is 7.93. The van der Waals surface area contributed by atoms with Gasteiger partial charge in [-0.15, -0.1) is 0 Å². The SMILES string of the molecule is Cc1ccnc(NS(=O)(=O)CC(=O)O)c1. The van der Waals surface area contributed by atoms with E-state index in [0.717, 1.165) is 5.56 Å². The van der Waals surface area contributed by atoms with Crippen molar-refractivity contribution in [2.24, 2.45) is 0 Å². The van der Waals surface area contributed by atoms with Gasteiger partial charge in [0.1, 0.15) is 5.82 Å². The van der Waals surface area contributed by atoms with Crippen molar-refractivity contribution in [3.8, 4) is 0 Å². The Morgan fingerprint density at radius 1 is 1.60 bits per heavy atom. The Kier molecular flexibility index (Phi) is 3.25. The number of aryl methyl sites for hydroxylation is 1. The van der Waals surface area contributed by atoms with E-state index in [-0.39, 0.29) is 5.82 Å². The number of carboxylic acids is 1. The average molecular weight is 230 g/mol. The van der Waals surface area contributed by atoms with Gasteiger partial charge in [0.2, 0.25) is 10.0 Å². The Morgan fingerprint density at radius 3 is 2.80 bits per heavy atom. The molecule has 1 aromatic heterocycles. The fourth-order valence-corrected chi connectivity index (χ4v) is 1.78. The van der Waals surface area contributed by atoms with Gasteiger partial charge in [0, 0.05) is 6.20 Å². The van der Waals surface area contributed by atoms with Crippen LogP contribution in [-0.2, 0) is 14.8 Å². The van der Waals surface area contributed by atoms with Gasteiger partial charge in [0.05, 0.1) is 0 Å². The van der Waals surface area contributed by atoms with Crippen LogP contribution in [0.4, 0.5) is 5.82 Å². The summed E-state index contributed by atoms with van der Waals surface area (Å²) in [4.78, 5) is 14.0. The molecular formula is C8H10N2O4S. The molecule has 0 spiro atoms. The molecule has 0 fully saturated rings. The Bertz CT molecular complexity index is 469. The van der Waals surface area contributed by atoms with Crippen LogP contribution in [0.3, 0.4) is 0 Å². The molecule has 6 nitrogen and oxygen atoms in total. The molecule has 0 aromatic carbocycles. The first-order chi connectivity index (χ1) is 6.89. The summed E-state index contributed by atoms with van der Waals surface area (Å²) in [5.74, 6) is -2.26. The van der Waals surface area contributed by atoms with Crippen LogP contribution in [-0.4, -0.2) is 30.2 Å². The van der Waals surface area contributed by atoms with E-state index in [1.54, 1.807) is 13.0 Å². The predicted octanol–water partition coefficient (Wildman–Crippen LogP) is 0.216. The molecule has 7 heteroatoms. The monoisotopic (exact) mass is 230 g/mol. The van der Waals surface area contributed by atoms with Crippen LogP contribution in [0.15, 0.2) is 18.3 Å². The summed E-state index contributed by atoms with van der Waals surface area (Å²) in [6.07, 6.45) is 1.44. The highest BCUT2D eigenvalue weighted by atomic mass is 32.2. The molecule has 0 atom stereocenters. The van der Waals surface area contributed by atoms with Gasteiger partial charge < -0.3 is 5.11 Å². The molecule has 1 heterocycles. The van der Waals surface area contributed by atoms with Crippen molar-refractivity contribution in [1.29, 1.82) is 0 Å². The highest BCUT2D eigenvalue weighted by Gasteiger charge is 2.15. The topological polar surface area (TPSA) is 96.4 Å². The predicted molar refractivity (Wildman–Crippen MR) is 54.0 cm³/mol. The number of sulfonamides is 1. The largest absolute Gasteiger partial charge is 0.480 e. The Morgan fingerprint density at radius 2 is 2.27 bits per heavy atom. The zero-order valence-electron chi connectivity index (χ0n) is 7.97. The Labute approximate surface area is 87.0 Å². The van der Waals surface area contributed by atoms with Crippen LogP contribution in [0, 0.1) is 6.92 Å². The molecule has 0 aliphatic carbocycles. The first-order valence-corrected chi connectivity index (χ1v) is 5.69. The highest BCUT2D eigenvalue weighted by Crippen LogP contribution is 2.07. The summed E-state index contributed by atoms with van der Waals surface area (Å²) in [7, 11) is -3.86. The lowest BCUT2D eigenvalue weighted by Crippen LogP contribution is -2.22. The molecule has 82 valence electrons. The number of carbonyl (C=O) groups is 1. The lowest BCUT2D eigenvalue weighted by Gasteiger charge is -2.04. The van der Waals surface area contributed by atoms with Crippen molar-refractivity contribution in [3.63, 3.8) is 0 Å².